The number of fused-ring (bicyclic) bond motifs is 1. The second-order valence-corrected chi connectivity index (χ2v) is 8.89. The average molecular weight is 354 g/mol. The fourth-order valence-corrected chi connectivity index (χ4v) is 4.65. The van der Waals surface area contributed by atoms with E-state index in [1.165, 1.54) is 0 Å². The molecule has 3 rings (SSSR count). The van der Waals surface area contributed by atoms with E-state index < -0.39 is 10.0 Å². The van der Waals surface area contributed by atoms with Gasteiger partial charge in [-0.1, -0.05) is 12.8 Å². The van der Waals surface area contributed by atoms with Gasteiger partial charge in [0.25, 0.3) is 0 Å². The highest BCUT2D eigenvalue weighted by atomic mass is 32.2. The lowest BCUT2D eigenvalue weighted by molar-refractivity contribution is 0.180. The van der Waals surface area contributed by atoms with Crippen molar-refractivity contribution in [3.63, 3.8) is 0 Å². The maximum Gasteiger partial charge on any atom is 0.211 e. The summed E-state index contributed by atoms with van der Waals surface area (Å²) in [6, 6.07) is 5.87. The SMILES string of the molecule is CCS(=O)(=O)N[C@@H]1CCCC[C@H]1COc1ccc2ncsc2c1. The van der Waals surface area contributed by atoms with Gasteiger partial charge in [-0.25, -0.2) is 18.1 Å². The summed E-state index contributed by atoms with van der Waals surface area (Å²) in [5, 5.41) is 0. The largest absolute Gasteiger partial charge is 0.493 e. The monoisotopic (exact) mass is 354 g/mol. The Hall–Kier alpha value is -1.18. The minimum absolute atomic E-state index is 0.0131. The van der Waals surface area contributed by atoms with Gasteiger partial charge in [0.05, 0.1) is 28.1 Å². The van der Waals surface area contributed by atoms with Crippen LogP contribution in [-0.4, -0.2) is 31.8 Å². The van der Waals surface area contributed by atoms with E-state index in [0.29, 0.717) is 6.61 Å². The molecule has 1 saturated carbocycles. The number of nitrogens with one attached hydrogen (secondary N) is 1. The number of benzene rings is 1. The molecule has 1 fully saturated rings. The summed E-state index contributed by atoms with van der Waals surface area (Å²) in [5.41, 5.74) is 2.80. The first-order chi connectivity index (χ1) is 11.1. The second kappa shape index (κ2) is 7.15. The van der Waals surface area contributed by atoms with Crippen molar-refractivity contribution in [3.8, 4) is 5.75 Å². The van der Waals surface area contributed by atoms with Gasteiger partial charge in [-0.3, -0.25) is 0 Å². The van der Waals surface area contributed by atoms with E-state index >= 15 is 0 Å². The molecule has 1 aromatic carbocycles. The van der Waals surface area contributed by atoms with Crippen LogP contribution in [0.3, 0.4) is 0 Å². The number of hydrogen-bond acceptors (Lipinski definition) is 5. The molecule has 1 aliphatic carbocycles. The standard InChI is InChI=1S/C16H22N2O3S2/c1-2-23(19,20)18-14-6-4-3-5-12(14)10-21-13-7-8-15-16(9-13)22-11-17-15/h7-9,11-12,14,18H,2-6,10H2,1H3/t12-,14+/m0/s1. The zero-order chi connectivity index (χ0) is 16.3. The summed E-state index contributed by atoms with van der Waals surface area (Å²) >= 11 is 1.59. The third-order valence-corrected chi connectivity index (χ3v) is 6.60. The molecule has 0 spiro atoms. The van der Waals surface area contributed by atoms with Crippen LogP contribution in [0.1, 0.15) is 32.6 Å². The minimum atomic E-state index is -3.17. The molecule has 0 radical (unpaired) electrons. The number of rotatable bonds is 6. The smallest absolute Gasteiger partial charge is 0.211 e. The average Bonchev–Trinajstić information content (AvgIpc) is 3.01. The molecule has 2 atom stereocenters. The van der Waals surface area contributed by atoms with E-state index in [0.717, 1.165) is 41.6 Å². The predicted molar refractivity (Wildman–Crippen MR) is 93.5 cm³/mol. The van der Waals surface area contributed by atoms with Crippen molar-refractivity contribution in [3.05, 3.63) is 23.7 Å². The maximum atomic E-state index is 11.8. The van der Waals surface area contributed by atoms with E-state index in [2.05, 4.69) is 9.71 Å². The number of aromatic nitrogens is 1. The quantitative estimate of drug-likeness (QED) is 0.865. The van der Waals surface area contributed by atoms with Crippen molar-refractivity contribution in [2.24, 2.45) is 5.92 Å². The molecule has 1 heterocycles. The molecule has 1 aliphatic rings. The first-order valence-corrected chi connectivity index (χ1v) is 10.6. The van der Waals surface area contributed by atoms with E-state index in [-0.39, 0.29) is 17.7 Å². The van der Waals surface area contributed by atoms with Crippen LogP contribution in [0.25, 0.3) is 10.2 Å². The van der Waals surface area contributed by atoms with Crippen molar-refractivity contribution in [1.82, 2.24) is 9.71 Å². The Kier molecular flexibility index (Phi) is 5.18. The second-order valence-electron chi connectivity index (χ2n) is 5.97. The van der Waals surface area contributed by atoms with Gasteiger partial charge in [-0.05, 0) is 38.0 Å². The van der Waals surface area contributed by atoms with E-state index in [9.17, 15) is 8.42 Å². The van der Waals surface area contributed by atoms with Gasteiger partial charge in [-0.15, -0.1) is 11.3 Å². The Bertz CT molecular complexity index is 758. The summed E-state index contributed by atoms with van der Waals surface area (Å²) in [5.74, 6) is 1.17. The van der Waals surface area contributed by atoms with Gasteiger partial charge >= 0.3 is 0 Å². The van der Waals surface area contributed by atoms with Gasteiger partial charge < -0.3 is 4.74 Å². The van der Waals surface area contributed by atoms with E-state index in [1.54, 1.807) is 18.3 Å². The van der Waals surface area contributed by atoms with Crippen LogP contribution in [0, 0.1) is 5.92 Å². The van der Waals surface area contributed by atoms with Crippen molar-refractivity contribution in [1.29, 1.82) is 0 Å². The van der Waals surface area contributed by atoms with Crippen LogP contribution in [0.15, 0.2) is 23.7 Å². The fourth-order valence-electron chi connectivity index (χ4n) is 3.00. The van der Waals surface area contributed by atoms with Crippen LogP contribution in [0.5, 0.6) is 5.75 Å². The van der Waals surface area contributed by atoms with Gasteiger partial charge in [-0.2, -0.15) is 0 Å². The summed E-state index contributed by atoms with van der Waals surface area (Å²) in [6.45, 7) is 2.21. The van der Waals surface area contributed by atoms with Crippen LogP contribution in [-0.2, 0) is 10.0 Å². The maximum absolute atomic E-state index is 11.8. The lowest BCUT2D eigenvalue weighted by atomic mass is 9.86. The van der Waals surface area contributed by atoms with Crippen LogP contribution in [0.2, 0.25) is 0 Å². The summed E-state index contributed by atoms with van der Waals surface area (Å²) in [6.07, 6.45) is 4.09. The zero-order valence-corrected chi connectivity index (χ0v) is 14.8. The van der Waals surface area contributed by atoms with E-state index in [1.807, 2.05) is 23.7 Å². The molecule has 5 nitrogen and oxygen atoms in total. The van der Waals surface area contributed by atoms with Gasteiger partial charge in [0.1, 0.15) is 5.75 Å². The third-order valence-electron chi connectivity index (χ3n) is 4.39. The fraction of sp³-hybridized carbons (Fsp3) is 0.562. The molecule has 0 unspecified atom stereocenters. The molecular formula is C16H22N2O3S2. The molecule has 1 N–H and O–H groups in total. The van der Waals surface area contributed by atoms with Crippen LogP contribution in [0.4, 0.5) is 0 Å². The first-order valence-electron chi connectivity index (χ1n) is 8.03. The molecule has 23 heavy (non-hydrogen) atoms. The molecule has 126 valence electrons. The Balaban J connectivity index is 1.64. The Morgan fingerprint density at radius 3 is 3.00 bits per heavy atom. The summed E-state index contributed by atoms with van der Waals surface area (Å²) in [7, 11) is -3.17. The van der Waals surface area contributed by atoms with Crippen molar-refractivity contribution in [2.75, 3.05) is 12.4 Å². The number of nitrogens with zero attached hydrogens (tertiary/aromatic N) is 1. The molecule has 0 amide bonds. The van der Waals surface area contributed by atoms with E-state index in [4.69, 9.17) is 4.74 Å². The predicted octanol–water partition coefficient (Wildman–Crippen LogP) is 3.17. The highest BCUT2D eigenvalue weighted by Gasteiger charge is 2.28. The van der Waals surface area contributed by atoms with Crippen LogP contribution >= 0.6 is 11.3 Å². The van der Waals surface area contributed by atoms with Gasteiger partial charge in [0, 0.05) is 12.0 Å². The lowest BCUT2D eigenvalue weighted by Gasteiger charge is -2.31. The topological polar surface area (TPSA) is 68.3 Å². The van der Waals surface area contributed by atoms with Gasteiger partial charge in [0.2, 0.25) is 10.0 Å². The van der Waals surface area contributed by atoms with Gasteiger partial charge in [0.15, 0.2) is 0 Å². The zero-order valence-electron chi connectivity index (χ0n) is 13.2. The highest BCUT2D eigenvalue weighted by molar-refractivity contribution is 7.89. The molecule has 0 aliphatic heterocycles. The Labute approximate surface area is 141 Å². The molecule has 0 bridgehead atoms. The number of thiazole rings is 1. The molecule has 2 aromatic rings. The molecule has 7 heteroatoms. The van der Waals surface area contributed by atoms with Crippen LogP contribution < -0.4 is 9.46 Å². The molecule has 0 saturated heterocycles. The number of hydrogen-bond donors (Lipinski definition) is 1. The minimum Gasteiger partial charge on any atom is -0.493 e. The third kappa shape index (κ3) is 4.22. The van der Waals surface area contributed by atoms with Crippen molar-refractivity contribution in [2.45, 2.75) is 38.6 Å². The summed E-state index contributed by atoms with van der Waals surface area (Å²) in [4.78, 5) is 4.26. The Morgan fingerprint density at radius 2 is 2.17 bits per heavy atom. The number of sulfonamides is 1. The lowest BCUT2D eigenvalue weighted by Crippen LogP contribution is -2.44. The van der Waals surface area contributed by atoms with Crippen molar-refractivity contribution >= 4 is 31.6 Å². The number of ether oxygens (including phenoxy) is 1. The molecular weight excluding hydrogens is 332 g/mol. The normalized spacial score (nSPS) is 22.3. The first kappa shape index (κ1) is 16.7. The van der Waals surface area contributed by atoms with Crippen molar-refractivity contribution < 1.29 is 13.2 Å². The molecule has 1 aromatic heterocycles. The summed E-state index contributed by atoms with van der Waals surface area (Å²) < 4.78 is 33.6. The Morgan fingerprint density at radius 1 is 1.35 bits per heavy atom. The highest BCUT2D eigenvalue weighted by Crippen LogP contribution is 2.28.